The zero-order chi connectivity index (χ0) is 14.3. The first-order valence-electron chi connectivity index (χ1n) is 6.26. The SMILES string of the molecule is CCCC(=CCc1c(OC)cccc1OC)C(=O)O. The molecule has 0 unspecified atom stereocenters. The predicted octanol–water partition coefficient (Wildman–Crippen LogP) is 3.06. The Hall–Kier alpha value is -1.97. The van der Waals surface area contributed by atoms with Gasteiger partial charge >= 0.3 is 5.97 Å². The van der Waals surface area contributed by atoms with Gasteiger partial charge in [-0.1, -0.05) is 25.5 Å². The number of benzene rings is 1. The Morgan fingerprint density at radius 3 is 2.26 bits per heavy atom. The first-order valence-corrected chi connectivity index (χ1v) is 6.26. The van der Waals surface area contributed by atoms with Crippen LogP contribution in [0.5, 0.6) is 11.5 Å². The first-order chi connectivity index (χ1) is 9.13. The van der Waals surface area contributed by atoms with Crippen LogP contribution in [0.4, 0.5) is 0 Å². The number of allylic oxidation sites excluding steroid dienone is 1. The van der Waals surface area contributed by atoms with Crippen molar-refractivity contribution in [2.45, 2.75) is 26.2 Å². The van der Waals surface area contributed by atoms with Gasteiger partial charge in [-0.15, -0.1) is 0 Å². The molecular weight excluding hydrogens is 244 g/mol. The van der Waals surface area contributed by atoms with E-state index in [1.54, 1.807) is 20.3 Å². The number of hydrogen-bond donors (Lipinski definition) is 1. The van der Waals surface area contributed by atoms with Crippen LogP contribution in [0.1, 0.15) is 25.3 Å². The van der Waals surface area contributed by atoms with Crippen LogP contribution in [-0.2, 0) is 11.2 Å². The molecule has 0 aliphatic heterocycles. The Labute approximate surface area is 113 Å². The lowest BCUT2D eigenvalue weighted by atomic mass is 10.0. The predicted molar refractivity (Wildman–Crippen MR) is 73.9 cm³/mol. The summed E-state index contributed by atoms with van der Waals surface area (Å²) in [5, 5.41) is 9.10. The average Bonchev–Trinajstić information content (AvgIpc) is 2.42. The molecule has 0 heterocycles. The van der Waals surface area contributed by atoms with Crippen LogP contribution < -0.4 is 9.47 Å². The van der Waals surface area contributed by atoms with Crippen LogP contribution in [0.15, 0.2) is 29.8 Å². The molecule has 0 aliphatic rings. The molecule has 0 radical (unpaired) electrons. The zero-order valence-corrected chi connectivity index (χ0v) is 11.6. The van der Waals surface area contributed by atoms with Gasteiger partial charge in [0.2, 0.25) is 0 Å². The maximum Gasteiger partial charge on any atom is 0.331 e. The fourth-order valence-electron chi connectivity index (χ4n) is 1.92. The third-order valence-electron chi connectivity index (χ3n) is 2.88. The molecule has 0 bridgehead atoms. The number of carboxylic acid groups (broad SMARTS) is 1. The van der Waals surface area contributed by atoms with Crippen molar-refractivity contribution in [1.29, 1.82) is 0 Å². The van der Waals surface area contributed by atoms with E-state index in [9.17, 15) is 4.79 Å². The quantitative estimate of drug-likeness (QED) is 0.769. The van der Waals surface area contributed by atoms with E-state index in [-0.39, 0.29) is 0 Å². The van der Waals surface area contributed by atoms with Gasteiger partial charge in [-0.25, -0.2) is 4.79 Å². The fourth-order valence-corrected chi connectivity index (χ4v) is 1.92. The minimum Gasteiger partial charge on any atom is -0.496 e. The van der Waals surface area contributed by atoms with Gasteiger partial charge in [-0.3, -0.25) is 0 Å². The molecule has 4 nitrogen and oxygen atoms in total. The summed E-state index contributed by atoms with van der Waals surface area (Å²) in [5.74, 6) is 0.546. The molecule has 1 aromatic rings. The molecule has 19 heavy (non-hydrogen) atoms. The second-order valence-electron chi connectivity index (χ2n) is 4.13. The van der Waals surface area contributed by atoms with Crippen molar-refractivity contribution in [2.75, 3.05) is 14.2 Å². The van der Waals surface area contributed by atoms with Crippen LogP contribution in [0.2, 0.25) is 0 Å². The number of aliphatic carboxylic acids is 1. The third kappa shape index (κ3) is 4.02. The maximum absolute atomic E-state index is 11.1. The van der Waals surface area contributed by atoms with Crippen LogP contribution in [0.3, 0.4) is 0 Å². The Balaban J connectivity index is 3.03. The summed E-state index contributed by atoms with van der Waals surface area (Å²) in [6.45, 7) is 1.96. The summed E-state index contributed by atoms with van der Waals surface area (Å²) in [6, 6.07) is 5.52. The fraction of sp³-hybridized carbons (Fsp3) is 0.400. The summed E-state index contributed by atoms with van der Waals surface area (Å²) >= 11 is 0. The highest BCUT2D eigenvalue weighted by atomic mass is 16.5. The normalized spacial score (nSPS) is 11.2. The van der Waals surface area contributed by atoms with Gasteiger partial charge in [0.1, 0.15) is 11.5 Å². The number of rotatable bonds is 7. The molecule has 0 aliphatic carbocycles. The van der Waals surface area contributed by atoms with Gasteiger partial charge < -0.3 is 14.6 Å². The number of methoxy groups -OCH3 is 2. The van der Waals surface area contributed by atoms with E-state index in [4.69, 9.17) is 14.6 Å². The van der Waals surface area contributed by atoms with Crippen molar-refractivity contribution in [3.63, 3.8) is 0 Å². The molecule has 0 amide bonds. The molecule has 104 valence electrons. The minimum absolute atomic E-state index is 0.426. The summed E-state index contributed by atoms with van der Waals surface area (Å²) < 4.78 is 10.6. The van der Waals surface area contributed by atoms with Gasteiger partial charge in [0.25, 0.3) is 0 Å². The highest BCUT2D eigenvalue weighted by Crippen LogP contribution is 2.29. The zero-order valence-electron chi connectivity index (χ0n) is 11.6. The van der Waals surface area contributed by atoms with Crippen molar-refractivity contribution in [3.8, 4) is 11.5 Å². The van der Waals surface area contributed by atoms with Gasteiger partial charge in [0, 0.05) is 11.1 Å². The molecule has 1 rings (SSSR count). The van der Waals surface area contributed by atoms with E-state index in [1.807, 2.05) is 25.1 Å². The standard InChI is InChI=1S/C15H20O4/c1-4-6-11(15(16)17)9-10-12-13(18-2)7-5-8-14(12)19-3/h5,7-9H,4,6,10H2,1-3H3,(H,16,17). The molecule has 4 heteroatoms. The summed E-state index contributed by atoms with van der Waals surface area (Å²) in [5.41, 5.74) is 1.29. The van der Waals surface area contributed by atoms with E-state index < -0.39 is 5.97 Å². The summed E-state index contributed by atoms with van der Waals surface area (Å²) in [6.07, 6.45) is 3.58. The molecular formula is C15H20O4. The van der Waals surface area contributed by atoms with Crippen LogP contribution in [0.25, 0.3) is 0 Å². The lowest BCUT2D eigenvalue weighted by Crippen LogP contribution is -2.02. The van der Waals surface area contributed by atoms with Crippen LogP contribution in [-0.4, -0.2) is 25.3 Å². The van der Waals surface area contributed by atoms with Crippen molar-refractivity contribution in [3.05, 3.63) is 35.4 Å². The van der Waals surface area contributed by atoms with Crippen molar-refractivity contribution in [2.24, 2.45) is 0 Å². The van der Waals surface area contributed by atoms with Gasteiger partial charge in [0.05, 0.1) is 14.2 Å². The molecule has 0 spiro atoms. The lowest BCUT2D eigenvalue weighted by molar-refractivity contribution is -0.132. The maximum atomic E-state index is 11.1. The first kappa shape index (κ1) is 15.1. The Morgan fingerprint density at radius 2 is 1.84 bits per heavy atom. The Morgan fingerprint density at radius 1 is 1.26 bits per heavy atom. The second kappa shape index (κ2) is 7.46. The largest absolute Gasteiger partial charge is 0.496 e. The lowest BCUT2D eigenvalue weighted by Gasteiger charge is -2.11. The van der Waals surface area contributed by atoms with Crippen LogP contribution in [0, 0.1) is 0 Å². The van der Waals surface area contributed by atoms with E-state index in [1.165, 1.54) is 0 Å². The number of carbonyl (C=O) groups is 1. The molecule has 0 aromatic heterocycles. The Kier molecular flexibility index (Phi) is 5.93. The van der Waals surface area contributed by atoms with Crippen LogP contribution >= 0.6 is 0 Å². The third-order valence-corrected chi connectivity index (χ3v) is 2.88. The van der Waals surface area contributed by atoms with E-state index in [2.05, 4.69) is 0 Å². The summed E-state index contributed by atoms with van der Waals surface area (Å²) in [4.78, 5) is 11.1. The Bertz CT molecular complexity index is 441. The van der Waals surface area contributed by atoms with E-state index in [0.29, 0.717) is 29.9 Å². The van der Waals surface area contributed by atoms with Crippen molar-refractivity contribution >= 4 is 5.97 Å². The molecule has 0 fully saturated rings. The average molecular weight is 264 g/mol. The molecule has 1 aromatic carbocycles. The number of ether oxygens (including phenoxy) is 2. The molecule has 0 atom stereocenters. The smallest absolute Gasteiger partial charge is 0.331 e. The van der Waals surface area contributed by atoms with E-state index in [0.717, 1.165) is 12.0 Å². The van der Waals surface area contributed by atoms with Crippen molar-refractivity contribution in [1.82, 2.24) is 0 Å². The van der Waals surface area contributed by atoms with Gasteiger partial charge in [0.15, 0.2) is 0 Å². The second-order valence-corrected chi connectivity index (χ2v) is 4.13. The number of carboxylic acids is 1. The molecule has 0 saturated heterocycles. The summed E-state index contributed by atoms with van der Waals surface area (Å²) in [7, 11) is 3.18. The van der Waals surface area contributed by atoms with E-state index >= 15 is 0 Å². The number of hydrogen-bond acceptors (Lipinski definition) is 3. The highest BCUT2D eigenvalue weighted by Gasteiger charge is 2.11. The topological polar surface area (TPSA) is 55.8 Å². The molecule has 1 N–H and O–H groups in total. The molecule has 0 saturated carbocycles. The minimum atomic E-state index is -0.865. The highest BCUT2D eigenvalue weighted by molar-refractivity contribution is 5.86. The van der Waals surface area contributed by atoms with Crippen molar-refractivity contribution < 1.29 is 19.4 Å². The van der Waals surface area contributed by atoms with Gasteiger partial charge in [-0.05, 0) is 25.0 Å². The van der Waals surface area contributed by atoms with Gasteiger partial charge in [-0.2, -0.15) is 0 Å². The monoisotopic (exact) mass is 264 g/mol.